The molecule has 3 heteroatoms. The van der Waals surface area contributed by atoms with Crippen LogP contribution in [0.2, 0.25) is 0 Å². The Kier molecular flexibility index (Phi) is 3.61. The van der Waals surface area contributed by atoms with E-state index in [1.807, 2.05) is 12.1 Å². The van der Waals surface area contributed by atoms with Crippen LogP contribution in [-0.2, 0) is 6.54 Å². The van der Waals surface area contributed by atoms with Crippen LogP contribution >= 0.6 is 0 Å². The van der Waals surface area contributed by atoms with E-state index in [0.29, 0.717) is 6.04 Å². The molecule has 3 nitrogen and oxygen atoms in total. The number of likely N-dealkylation sites (N-methyl/N-ethyl adjacent to an activating group) is 1. The standard InChI is InChI=1S/C17H20N2O/c1-19(14-7-9-15(20-2)10-8-14)17-12-18-11-13-5-3-4-6-16(13)17/h3-10,17-18H,11-12H2,1-2H3. The van der Waals surface area contributed by atoms with Gasteiger partial charge in [-0.25, -0.2) is 0 Å². The van der Waals surface area contributed by atoms with E-state index in [0.717, 1.165) is 18.8 Å². The number of nitrogens with one attached hydrogen (secondary N) is 1. The lowest BCUT2D eigenvalue weighted by atomic mass is 9.95. The number of nitrogens with zero attached hydrogens (tertiary/aromatic N) is 1. The van der Waals surface area contributed by atoms with Crippen molar-refractivity contribution >= 4 is 5.69 Å². The molecule has 0 radical (unpaired) electrons. The summed E-state index contributed by atoms with van der Waals surface area (Å²) in [6, 6.07) is 17.3. The zero-order valence-corrected chi connectivity index (χ0v) is 12.0. The summed E-state index contributed by atoms with van der Waals surface area (Å²) in [5.74, 6) is 0.893. The van der Waals surface area contributed by atoms with Crippen molar-refractivity contribution in [2.45, 2.75) is 12.6 Å². The molecule has 0 fully saturated rings. The van der Waals surface area contributed by atoms with Crippen LogP contribution in [0, 0.1) is 0 Å². The van der Waals surface area contributed by atoms with Crippen molar-refractivity contribution in [1.29, 1.82) is 0 Å². The number of hydrogen-bond acceptors (Lipinski definition) is 3. The van der Waals surface area contributed by atoms with Gasteiger partial charge in [0.1, 0.15) is 5.75 Å². The van der Waals surface area contributed by atoms with Crippen molar-refractivity contribution in [2.75, 3.05) is 25.6 Å². The molecular weight excluding hydrogens is 248 g/mol. The normalized spacial score (nSPS) is 17.4. The predicted octanol–water partition coefficient (Wildman–Crippen LogP) is 2.98. The van der Waals surface area contributed by atoms with Gasteiger partial charge >= 0.3 is 0 Å². The highest BCUT2D eigenvalue weighted by atomic mass is 16.5. The van der Waals surface area contributed by atoms with E-state index in [-0.39, 0.29) is 0 Å². The second-order valence-corrected chi connectivity index (χ2v) is 5.15. The average Bonchev–Trinajstić information content (AvgIpc) is 2.54. The van der Waals surface area contributed by atoms with E-state index in [1.165, 1.54) is 16.8 Å². The molecule has 0 bridgehead atoms. The molecule has 0 saturated carbocycles. The number of anilines is 1. The number of hydrogen-bond donors (Lipinski definition) is 1. The monoisotopic (exact) mass is 268 g/mol. The van der Waals surface area contributed by atoms with E-state index in [2.05, 4.69) is 53.7 Å². The molecule has 20 heavy (non-hydrogen) atoms. The van der Waals surface area contributed by atoms with Gasteiger partial charge in [0.25, 0.3) is 0 Å². The Morgan fingerprint density at radius 1 is 1.10 bits per heavy atom. The van der Waals surface area contributed by atoms with Crippen LogP contribution in [0.25, 0.3) is 0 Å². The Bertz CT molecular complexity index is 580. The average molecular weight is 268 g/mol. The summed E-state index contributed by atoms with van der Waals surface area (Å²) in [4.78, 5) is 2.32. The molecule has 1 N–H and O–H groups in total. The Hall–Kier alpha value is -2.00. The van der Waals surface area contributed by atoms with Gasteiger partial charge in [0.2, 0.25) is 0 Å². The molecule has 0 amide bonds. The molecule has 0 aromatic heterocycles. The van der Waals surface area contributed by atoms with E-state index in [1.54, 1.807) is 7.11 Å². The van der Waals surface area contributed by atoms with Gasteiger partial charge in [0, 0.05) is 25.8 Å². The van der Waals surface area contributed by atoms with Crippen molar-refractivity contribution in [2.24, 2.45) is 0 Å². The largest absolute Gasteiger partial charge is 0.497 e. The molecule has 0 saturated heterocycles. The Morgan fingerprint density at radius 3 is 2.60 bits per heavy atom. The molecule has 0 aliphatic carbocycles. The minimum atomic E-state index is 0.369. The first kappa shape index (κ1) is 13.0. The quantitative estimate of drug-likeness (QED) is 0.926. The first-order valence-electron chi connectivity index (χ1n) is 6.95. The topological polar surface area (TPSA) is 24.5 Å². The predicted molar refractivity (Wildman–Crippen MR) is 82.3 cm³/mol. The zero-order valence-electron chi connectivity index (χ0n) is 12.0. The minimum absolute atomic E-state index is 0.369. The van der Waals surface area contributed by atoms with Crippen molar-refractivity contribution in [3.8, 4) is 5.75 Å². The van der Waals surface area contributed by atoms with Gasteiger partial charge in [-0.05, 0) is 35.4 Å². The smallest absolute Gasteiger partial charge is 0.119 e. The van der Waals surface area contributed by atoms with Crippen LogP contribution < -0.4 is 15.0 Å². The third-order valence-electron chi connectivity index (χ3n) is 4.01. The summed E-state index contributed by atoms with van der Waals surface area (Å²) < 4.78 is 5.22. The second-order valence-electron chi connectivity index (χ2n) is 5.15. The molecule has 2 aromatic carbocycles. The lowest BCUT2D eigenvalue weighted by Gasteiger charge is -2.35. The van der Waals surface area contributed by atoms with Crippen LogP contribution in [0.5, 0.6) is 5.75 Å². The highest BCUT2D eigenvalue weighted by Gasteiger charge is 2.23. The first-order valence-corrected chi connectivity index (χ1v) is 6.95. The zero-order chi connectivity index (χ0) is 13.9. The summed E-state index contributed by atoms with van der Waals surface area (Å²) in [6.07, 6.45) is 0. The van der Waals surface area contributed by atoms with E-state index < -0.39 is 0 Å². The van der Waals surface area contributed by atoms with Crippen molar-refractivity contribution in [1.82, 2.24) is 5.32 Å². The molecular formula is C17H20N2O. The fourth-order valence-electron chi connectivity index (χ4n) is 2.82. The van der Waals surface area contributed by atoms with Crippen molar-refractivity contribution in [3.05, 3.63) is 59.7 Å². The fourth-order valence-corrected chi connectivity index (χ4v) is 2.82. The third kappa shape index (κ3) is 2.37. The van der Waals surface area contributed by atoms with Crippen LogP contribution in [0.15, 0.2) is 48.5 Å². The van der Waals surface area contributed by atoms with Gasteiger partial charge in [-0.15, -0.1) is 0 Å². The van der Waals surface area contributed by atoms with E-state index in [4.69, 9.17) is 4.74 Å². The molecule has 104 valence electrons. The number of fused-ring (bicyclic) bond motifs is 1. The maximum absolute atomic E-state index is 5.22. The SMILES string of the molecule is COc1ccc(N(C)C2CNCc3ccccc32)cc1. The molecule has 1 heterocycles. The maximum Gasteiger partial charge on any atom is 0.119 e. The van der Waals surface area contributed by atoms with Gasteiger partial charge in [0.05, 0.1) is 13.2 Å². The van der Waals surface area contributed by atoms with Gasteiger partial charge in [-0.3, -0.25) is 0 Å². The summed E-state index contributed by atoms with van der Waals surface area (Å²) in [5, 5.41) is 3.50. The second kappa shape index (κ2) is 5.55. The lowest BCUT2D eigenvalue weighted by molar-refractivity contribution is 0.414. The van der Waals surface area contributed by atoms with Crippen LogP contribution in [0.1, 0.15) is 17.2 Å². The Morgan fingerprint density at radius 2 is 1.85 bits per heavy atom. The van der Waals surface area contributed by atoms with Crippen molar-refractivity contribution < 1.29 is 4.74 Å². The van der Waals surface area contributed by atoms with Gasteiger partial charge in [0.15, 0.2) is 0 Å². The van der Waals surface area contributed by atoms with Gasteiger partial charge in [-0.1, -0.05) is 24.3 Å². The van der Waals surface area contributed by atoms with E-state index >= 15 is 0 Å². The first-order chi connectivity index (χ1) is 9.79. The summed E-state index contributed by atoms with van der Waals surface area (Å²) in [7, 11) is 3.84. The van der Waals surface area contributed by atoms with Crippen molar-refractivity contribution in [3.63, 3.8) is 0 Å². The maximum atomic E-state index is 5.22. The third-order valence-corrected chi connectivity index (χ3v) is 4.01. The molecule has 3 rings (SSSR count). The Labute approximate surface area is 120 Å². The van der Waals surface area contributed by atoms with Crippen LogP contribution in [-0.4, -0.2) is 20.7 Å². The van der Waals surface area contributed by atoms with Crippen LogP contribution in [0.3, 0.4) is 0 Å². The molecule has 1 atom stereocenters. The highest BCUT2D eigenvalue weighted by Crippen LogP contribution is 2.30. The number of rotatable bonds is 3. The number of benzene rings is 2. The molecule has 1 unspecified atom stereocenters. The summed E-state index contributed by atoms with van der Waals surface area (Å²) >= 11 is 0. The van der Waals surface area contributed by atoms with Crippen LogP contribution in [0.4, 0.5) is 5.69 Å². The fraction of sp³-hybridized carbons (Fsp3) is 0.294. The summed E-state index contributed by atoms with van der Waals surface area (Å²) in [5.41, 5.74) is 4.02. The van der Waals surface area contributed by atoms with Gasteiger partial charge in [-0.2, -0.15) is 0 Å². The summed E-state index contributed by atoms with van der Waals surface area (Å²) in [6.45, 7) is 1.93. The van der Waals surface area contributed by atoms with Gasteiger partial charge < -0.3 is 15.0 Å². The molecule has 2 aromatic rings. The van der Waals surface area contributed by atoms with E-state index in [9.17, 15) is 0 Å². The molecule has 0 spiro atoms. The Balaban J connectivity index is 1.89. The number of ether oxygens (including phenoxy) is 1. The number of methoxy groups -OCH3 is 1. The highest BCUT2D eigenvalue weighted by molar-refractivity contribution is 5.51. The molecule has 1 aliphatic rings. The lowest BCUT2D eigenvalue weighted by Crippen LogP contribution is -2.37. The minimum Gasteiger partial charge on any atom is -0.497 e. The molecule has 1 aliphatic heterocycles.